The molecule has 0 amide bonds. The number of rotatable bonds is 11. The molecule has 0 aliphatic carbocycles. The molecule has 1 heterocycles. The van der Waals surface area contributed by atoms with Crippen molar-refractivity contribution in [2.45, 2.75) is 32.2 Å². The molecule has 0 bridgehead atoms. The van der Waals surface area contributed by atoms with Gasteiger partial charge in [0, 0.05) is 27.1 Å². The highest BCUT2D eigenvalue weighted by Gasteiger charge is 2.20. The number of aromatic nitrogens is 2. The monoisotopic (exact) mass is 565 g/mol. The van der Waals surface area contributed by atoms with E-state index in [4.69, 9.17) is 44.3 Å². The van der Waals surface area contributed by atoms with Crippen molar-refractivity contribution in [2.75, 3.05) is 6.61 Å². The SMILES string of the molecule is Clc1ccc(COC(C[n+]2ccn(CCCOc3ccc4ccccc4c3)c2)c2ccc(Cl)cc2Cl)cc1. The molecule has 0 aliphatic rings. The van der Waals surface area contributed by atoms with Crippen molar-refractivity contribution in [3.63, 3.8) is 0 Å². The molecule has 5 rings (SSSR count). The minimum absolute atomic E-state index is 0.257. The maximum Gasteiger partial charge on any atom is 0.243 e. The molecule has 194 valence electrons. The molecule has 4 aromatic carbocycles. The third-order valence-electron chi connectivity index (χ3n) is 6.35. The van der Waals surface area contributed by atoms with E-state index in [1.165, 1.54) is 10.8 Å². The van der Waals surface area contributed by atoms with Gasteiger partial charge in [-0.05, 0) is 52.7 Å². The molecule has 38 heavy (non-hydrogen) atoms. The first-order chi connectivity index (χ1) is 18.5. The second-order valence-electron chi connectivity index (χ2n) is 9.15. The molecule has 0 spiro atoms. The molecule has 7 heteroatoms. The average Bonchev–Trinajstić information content (AvgIpc) is 3.37. The van der Waals surface area contributed by atoms with Crippen LogP contribution in [0.4, 0.5) is 0 Å². The molecule has 1 unspecified atom stereocenters. The topological polar surface area (TPSA) is 27.3 Å². The van der Waals surface area contributed by atoms with Crippen LogP contribution in [0.5, 0.6) is 5.75 Å². The van der Waals surface area contributed by atoms with Crippen LogP contribution in [-0.2, 0) is 24.4 Å². The summed E-state index contributed by atoms with van der Waals surface area (Å²) >= 11 is 18.7. The van der Waals surface area contributed by atoms with E-state index in [0.29, 0.717) is 34.8 Å². The van der Waals surface area contributed by atoms with Crippen molar-refractivity contribution in [1.82, 2.24) is 4.57 Å². The molecule has 0 N–H and O–H groups in total. The second-order valence-corrected chi connectivity index (χ2v) is 10.4. The predicted molar refractivity (Wildman–Crippen MR) is 154 cm³/mol. The largest absolute Gasteiger partial charge is 0.493 e. The van der Waals surface area contributed by atoms with E-state index in [9.17, 15) is 0 Å². The first-order valence-corrected chi connectivity index (χ1v) is 13.6. The van der Waals surface area contributed by atoms with Crippen molar-refractivity contribution in [3.8, 4) is 5.75 Å². The number of hydrogen-bond acceptors (Lipinski definition) is 2. The van der Waals surface area contributed by atoms with E-state index < -0.39 is 0 Å². The summed E-state index contributed by atoms with van der Waals surface area (Å²) in [4.78, 5) is 0. The van der Waals surface area contributed by atoms with Crippen molar-refractivity contribution in [3.05, 3.63) is 130 Å². The highest BCUT2D eigenvalue weighted by molar-refractivity contribution is 6.35. The Balaban J connectivity index is 1.19. The summed E-state index contributed by atoms with van der Waals surface area (Å²) in [6, 6.07) is 27.7. The molecule has 4 nitrogen and oxygen atoms in total. The number of fused-ring (bicyclic) bond motifs is 1. The summed E-state index contributed by atoms with van der Waals surface area (Å²) < 4.78 is 16.6. The standard InChI is InChI=1S/C31H28Cl3N2O2/c32-26-9-6-23(7-10-26)21-38-31(29-13-11-27(33)19-30(29)34)20-36-16-15-35(22-36)14-3-17-37-28-12-8-24-4-1-2-5-25(24)18-28/h1-2,4-13,15-16,18-19,22,31H,3,14,17,20-21H2/q+1. The van der Waals surface area contributed by atoms with E-state index >= 15 is 0 Å². The van der Waals surface area contributed by atoms with Gasteiger partial charge in [-0.2, -0.15) is 0 Å². The lowest BCUT2D eigenvalue weighted by Gasteiger charge is -2.18. The van der Waals surface area contributed by atoms with Crippen LogP contribution in [0.15, 0.2) is 104 Å². The molecular weight excluding hydrogens is 539 g/mol. The summed E-state index contributed by atoms with van der Waals surface area (Å²) in [5, 5.41) is 4.28. The first-order valence-electron chi connectivity index (χ1n) is 12.5. The van der Waals surface area contributed by atoms with Crippen LogP contribution < -0.4 is 9.30 Å². The van der Waals surface area contributed by atoms with Crippen LogP contribution in [0.25, 0.3) is 10.8 Å². The lowest BCUT2D eigenvalue weighted by atomic mass is 10.1. The van der Waals surface area contributed by atoms with Gasteiger partial charge in [0.15, 0.2) is 0 Å². The molecule has 0 saturated heterocycles. The van der Waals surface area contributed by atoms with Crippen LogP contribution in [0.2, 0.25) is 15.1 Å². The average molecular weight is 567 g/mol. The fraction of sp³-hybridized carbons (Fsp3) is 0.194. The fourth-order valence-corrected chi connectivity index (χ4v) is 5.00. The van der Waals surface area contributed by atoms with Gasteiger partial charge in [0.1, 0.15) is 30.8 Å². The second kappa shape index (κ2) is 12.7. The Labute approximate surface area is 237 Å². The Morgan fingerprint density at radius 3 is 2.42 bits per heavy atom. The Morgan fingerprint density at radius 1 is 0.816 bits per heavy atom. The highest BCUT2D eigenvalue weighted by Crippen LogP contribution is 2.30. The van der Waals surface area contributed by atoms with Crippen molar-refractivity contribution >= 4 is 45.6 Å². The highest BCUT2D eigenvalue weighted by atomic mass is 35.5. The molecule has 0 saturated carbocycles. The first kappa shape index (κ1) is 26.6. The summed E-state index contributed by atoms with van der Waals surface area (Å²) in [5.74, 6) is 0.895. The van der Waals surface area contributed by atoms with Crippen LogP contribution in [-0.4, -0.2) is 11.2 Å². The van der Waals surface area contributed by atoms with Gasteiger partial charge < -0.3 is 9.47 Å². The fourth-order valence-electron chi connectivity index (χ4n) is 4.35. The van der Waals surface area contributed by atoms with Gasteiger partial charge in [0.05, 0.1) is 19.8 Å². The third-order valence-corrected chi connectivity index (χ3v) is 7.16. The Hall–Kier alpha value is -3.02. The maximum atomic E-state index is 6.56. The Morgan fingerprint density at radius 2 is 1.61 bits per heavy atom. The molecule has 5 aromatic rings. The van der Waals surface area contributed by atoms with Gasteiger partial charge in [-0.1, -0.05) is 83.3 Å². The number of benzene rings is 4. The van der Waals surface area contributed by atoms with E-state index in [0.717, 1.165) is 29.8 Å². The number of imidazole rings is 1. The quantitative estimate of drug-likeness (QED) is 0.119. The minimum Gasteiger partial charge on any atom is -0.493 e. The summed E-state index contributed by atoms with van der Waals surface area (Å²) in [5.41, 5.74) is 1.94. The number of hydrogen-bond donors (Lipinski definition) is 0. The normalized spacial score (nSPS) is 12.1. The molecule has 0 aliphatic heterocycles. The van der Waals surface area contributed by atoms with Crippen molar-refractivity contribution in [2.24, 2.45) is 0 Å². The molecule has 0 radical (unpaired) electrons. The van der Waals surface area contributed by atoms with Crippen LogP contribution >= 0.6 is 34.8 Å². The van der Waals surface area contributed by atoms with Crippen molar-refractivity contribution < 1.29 is 14.0 Å². The van der Waals surface area contributed by atoms with Gasteiger partial charge in [-0.15, -0.1) is 0 Å². The lowest BCUT2D eigenvalue weighted by Crippen LogP contribution is -2.35. The third kappa shape index (κ3) is 7.09. The zero-order valence-electron chi connectivity index (χ0n) is 20.8. The maximum absolute atomic E-state index is 6.56. The van der Waals surface area contributed by atoms with Crippen molar-refractivity contribution in [1.29, 1.82) is 0 Å². The van der Waals surface area contributed by atoms with Crippen LogP contribution in [0.3, 0.4) is 0 Å². The smallest absolute Gasteiger partial charge is 0.243 e. The number of halogens is 3. The summed E-state index contributed by atoms with van der Waals surface area (Å²) in [7, 11) is 0. The van der Waals surface area contributed by atoms with Crippen LogP contribution in [0.1, 0.15) is 23.7 Å². The predicted octanol–water partition coefficient (Wildman–Crippen LogP) is 8.32. The van der Waals surface area contributed by atoms with Gasteiger partial charge in [0.25, 0.3) is 0 Å². The Kier molecular flexibility index (Phi) is 8.87. The Bertz CT molecular complexity index is 1500. The van der Waals surface area contributed by atoms with Gasteiger partial charge in [0.2, 0.25) is 6.33 Å². The van der Waals surface area contributed by atoms with E-state index in [1.54, 1.807) is 6.07 Å². The lowest BCUT2D eigenvalue weighted by molar-refractivity contribution is -0.704. The van der Waals surface area contributed by atoms with Crippen LogP contribution in [0, 0.1) is 0 Å². The van der Waals surface area contributed by atoms with E-state index in [2.05, 4.69) is 45.9 Å². The van der Waals surface area contributed by atoms with E-state index in [-0.39, 0.29) is 6.10 Å². The summed E-state index contributed by atoms with van der Waals surface area (Å²) in [6.45, 7) is 2.53. The zero-order chi connectivity index (χ0) is 26.3. The number of nitrogens with zero attached hydrogens (tertiary/aromatic N) is 2. The van der Waals surface area contributed by atoms with Gasteiger partial charge >= 0.3 is 0 Å². The number of aryl methyl sites for hydroxylation is 1. The zero-order valence-corrected chi connectivity index (χ0v) is 23.0. The van der Waals surface area contributed by atoms with Gasteiger partial charge in [-0.25, -0.2) is 9.13 Å². The molecule has 0 fully saturated rings. The summed E-state index contributed by atoms with van der Waals surface area (Å²) in [6.07, 6.45) is 6.83. The van der Waals surface area contributed by atoms with E-state index in [1.807, 2.05) is 60.8 Å². The molecular formula is C31H28Cl3N2O2+. The van der Waals surface area contributed by atoms with Gasteiger partial charge in [-0.3, -0.25) is 0 Å². The minimum atomic E-state index is -0.257. The molecule has 1 atom stereocenters. The molecule has 1 aromatic heterocycles. The number of ether oxygens (including phenoxy) is 2.